The van der Waals surface area contributed by atoms with Gasteiger partial charge in [-0.3, -0.25) is 0 Å². The smallest absolute Gasteiger partial charge is 0.319 e. The lowest BCUT2D eigenvalue weighted by atomic mass is 10.1. The van der Waals surface area contributed by atoms with Gasteiger partial charge in [-0.25, -0.2) is 13.6 Å². The van der Waals surface area contributed by atoms with Crippen LogP contribution in [-0.4, -0.2) is 19.2 Å². The fourth-order valence-corrected chi connectivity index (χ4v) is 2.05. The number of anilines is 1. The molecule has 0 unspecified atom stereocenters. The maximum atomic E-state index is 13.2. The van der Waals surface area contributed by atoms with Crippen LogP contribution in [0.1, 0.15) is 12.5 Å². The van der Waals surface area contributed by atoms with Crippen LogP contribution >= 0.6 is 0 Å². The van der Waals surface area contributed by atoms with Crippen molar-refractivity contribution in [3.63, 3.8) is 0 Å². The fraction of sp³-hybridized carbons (Fsp3) is 0.235. The molecule has 2 N–H and O–H groups in total. The maximum absolute atomic E-state index is 13.2. The summed E-state index contributed by atoms with van der Waals surface area (Å²) in [6.45, 7) is 2.48. The van der Waals surface area contributed by atoms with Crippen LogP contribution in [0, 0.1) is 11.6 Å². The van der Waals surface area contributed by atoms with Gasteiger partial charge in [0.2, 0.25) is 0 Å². The lowest BCUT2D eigenvalue weighted by molar-refractivity contribution is 0.252. The molecular formula is C17H18F2N2O2. The molecule has 0 saturated heterocycles. The molecule has 2 rings (SSSR count). The monoisotopic (exact) mass is 320 g/mol. The summed E-state index contributed by atoms with van der Waals surface area (Å²) < 4.78 is 31.5. The lowest BCUT2D eigenvalue weighted by Crippen LogP contribution is -2.30. The molecule has 0 aliphatic rings. The molecule has 0 aliphatic carbocycles. The highest BCUT2D eigenvalue weighted by Gasteiger charge is 2.08. The highest BCUT2D eigenvalue weighted by molar-refractivity contribution is 5.90. The summed E-state index contributed by atoms with van der Waals surface area (Å²) in [5, 5.41) is 5.27. The minimum atomic E-state index is -0.439. The molecule has 2 amide bonds. The summed E-state index contributed by atoms with van der Waals surface area (Å²) in [7, 11) is 0. The number of nitrogens with one attached hydrogen (secondary N) is 2. The molecule has 23 heavy (non-hydrogen) atoms. The van der Waals surface area contributed by atoms with Gasteiger partial charge in [0.25, 0.3) is 0 Å². The molecule has 0 atom stereocenters. The van der Waals surface area contributed by atoms with Gasteiger partial charge in [0.15, 0.2) is 0 Å². The number of hydrogen-bond donors (Lipinski definition) is 2. The van der Waals surface area contributed by atoms with E-state index in [2.05, 4.69) is 10.6 Å². The Hall–Kier alpha value is -2.63. The van der Waals surface area contributed by atoms with E-state index in [1.807, 2.05) is 0 Å². The average molecular weight is 320 g/mol. The van der Waals surface area contributed by atoms with Crippen molar-refractivity contribution in [1.29, 1.82) is 0 Å². The Bertz CT molecular complexity index is 677. The summed E-state index contributed by atoms with van der Waals surface area (Å²) in [6, 6.07) is 9.66. The largest absolute Gasteiger partial charge is 0.492 e. The van der Waals surface area contributed by atoms with Crippen molar-refractivity contribution < 1.29 is 18.3 Å². The van der Waals surface area contributed by atoms with E-state index < -0.39 is 11.8 Å². The molecule has 0 radical (unpaired) electrons. The van der Waals surface area contributed by atoms with Crippen LogP contribution in [0.5, 0.6) is 5.75 Å². The summed E-state index contributed by atoms with van der Waals surface area (Å²) >= 11 is 0. The summed E-state index contributed by atoms with van der Waals surface area (Å²) in [5.74, 6) is -0.474. The molecule has 0 fully saturated rings. The van der Waals surface area contributed by atoms with Crippen LogP contribution in [0.25, 0.3) is 0 Å². The zero-order valence-electron chi connectivity index (χ0n) is 12.7. The third-order valence-electron chi connectivity index (χ3n) is 3.08. The summed E-state index contributed by atoms with van der Waals surface area (Å²) in [6.07, 6.45) is 0.507. The molecule has 2 aromatic rings. The topological polar surface area (TPSA) is 50.4 Å². The second-order valence-corrected chi connectivity index (χ2v) is 4.83. The highest BCUT2D eigenvalue weighted by Crippen LogP contribution is 2.25. The van der Waals surface area contributed by atoms with Crippen molar-refractivity contribution in [1.82, 2.24) is 5.32 Å². The van der Waals surface area contributed by atoms with Crippen LogP contribution in [0.3, 0.4) is 0 Å². The third kappa shape index (κ3) is 5.25. The second kappa shape index (κ2) is 8.12. The van der Waals surface area contributed by atoms with Crippen LogP contribution in [0.4, 0.5) is 19.3 Å². The van der Waals surface area contributed by atoms with E-state index in [-0.39, 0.29) is 11.6 Å². The van der Waals surface area contributed by atoms with Gasteiger partial charge in [-0.15, -0.1) is 0 Å². The van der Waals surface area contributed by atoms with E-state index in [1.165, 1.54) is 30.3 Å². The number of hydrogen-bond acceptors (Lipinski definition) is 2. The Morgan fingerprint density at radius 3 is 2.65 bits per heavy atom. The fourth-order valence-electron chi connectivity index (χ4n) is 2.05. The highest BCUT2D eigenvalue weighted by atomic mass is 19.1. The van der Waals surface area contributed by atoms with Crippen molar-refractivity contribution in [2.24, 2.45) is 0 Å². The van der Waals surface area contributed by atoms with Crippen LogP contribution in [0.2, 0.25) is 0 Å². The first-order valence-electron chi connectivity index (χ1n) is 7.30. The number of carbonyl (C=O) groups excluding carboxylic acids is 1. The molecule has 0 spiro atoms. The summed E-state index contributed by atoms with van der Waals surface area (Å²) in [5.41, 5.74) is 1.18. The van der Waals surface area contributed by atoms with E-state index >= 15 is 0 Å². The predicted octanol–water partition coefficient (Wildman–Crippen LogP) is 3.73. The average Bonchev–Trinajstić information content (AvgIpc) is 2.50. The van der Waals surface area contributed by atoms with Gasteiger partial charge in [0.05, 0.1) is 12.3 Å². The van der Waals surface area contributed by atoms with E-state index in [9.17, 15) is 13.6 Å². The first kappa shape index (κ1) is 16.7. The van der Waals surface area contributed by atoms with E-state index in [4.69, 9.17) is 4.74 Å². The standard InChI is InChI=1S/C17H18F2N2O2/c1-2-23-16-11-14(19)6-7-15(16)21-17(22)20-9-8-12-4-3-5-13(18)10-12/h3-7,10-11H,2,8-9H2,1H3,(H2,20,21,22). The predicted molar refractivity (Wildman–Crippen MR) is 84.7 cm³/mol. The Morgan fingerprint density at radius 1 is 1.13 bits per heavy atom. The number of halogens is 2. The Balaban J connectivity index is 1.87. The van der Waals surface area contributed by atoms with Crippen LogP contribution in [0.15, 0.2) is 42.5 Å². The van der Waals surface area contributed by atoms with E-state index in [0.29, 0.717) is 25.3 Å². The second-order valence-electron chi connectivity index (χ2n) is 4.83. The minimum absolute atomic E-state index is 0.271. The van der Waals surface area contributed by atoms with Gasteiger partial charge in [0, 0.05) is 12.6 Å². The van der Waals surface area contributed by atoms with Crippen molar-refractivity contribution in [2.75, 3.05) is 18.5 Å². The minimum Gasteiger partial charge on any atom is -0.492 e. The molecule has 0 saturated carbocycles. The number of benzene rings is 2. The first-order chi connectivity index (χ1) is 11.1. The van der Waals surface area contributed by atoms with Crippen molar-refractivity contribution >= 4 is 11.7 Å². The van der Waals surface area contributed by atoms with Gasteiger partial charge in [0.1, 0.15) is 17.4 Å². The van der Waals surface area contributed by atoms with Gasteiger partial charge in [-0.1, -0.05) is 12.1 Å². The quantitative estimate of drug-likeness (QED) is 0.852. The van der Waals surface area contributed by atoms with Gasteiger partial charge >= 0.3 is 6.03 Å². The lowest BCUT2D eigenvalue weighted by Gasteiger charge is -2.12. The van der Waals surface area contributed by atoms with Crippen LogP contribution in [-0.2, 0) is 6.42 Å². The maximum Gasteiger partial charge on any atom is 0.319 e. The molecule has 2 aromatic carbocycles. The number of rotatable bonds is 6. The molecule has 0 aliphatic heterocycles. The zero-order valence-corrected chi connectivity index (χ0v) is 12.7. The normalized spacial score (nSPS) is 10.2. The van der Waals surface area contributed by atoms with E-state index in [1.54, 1.807) is 19.1 Å². The molecule has 0 bridgehead atoms. The molecule has 122 valence electrons. The number of amides is 2. The molecule has 0 aromatic heterocycles. The first-order valence-corrected chi connectivity index (χ1v) is 7.30. The number of urea groups is 1. The van der Waals surface area contributed by atoms with Gasteiger partial charge < -0.3 is 15.4 Å². The molecule has 4 nitrogen and oxygen atoms in total. The van der Waals surface area contributed by atoms with Crippen molar-refractivity contribution in [2.45, 2.75) is 13.3 Å². The van der Waals surface area contributed by atoms with Gasteiger partial charge in [-0.05, 0) is 43.2 Å². The molecule has 0 heterocycles. The number of carbonyl (C=O) groups is 1. The molecule has 6 heteroatoms. The van der Waals surface area contributed by atoms with Gasteiger partial charge in [-0.2, -0.15) is 0 Å². The zero-order chi connectivity index (χ0) is 16.7. The Kier molecular flexibility index (Phi) is 5.91. The number of ether oxygens (including phenoxy) is 1. The van der Waals surface area contributed by atoms with E-state index in [0.717, 1.165) is 5.56 Å². The summed E-state index contributed by atoms with van der Waals surface area (Å²) in [4.78, 5) is 11.9. The van der Waals surface area contributed by atoms with Crippen molar-refractivity contribution in [3.05, 3.63) is 59.7 Å². The van der Waals surface area contributed by atoms with Crippen LogP contribution < -0.4 is 15.4 Å². The Morgan fingerprint density at radius 2 is 1.91 bits per heavy atom. The third-order valence-corrected chi connectivity index (χ3v) is 3.08. The SMILES string of the molecule is CCOc1cc(F)ccc1NC(=O)NCCc1cccc(F)c1. The molecular weight excluding hydrogens is 302 g/mol. The Labute approximate surface area is 133 Å². The van der Waals surface area contributed by atoms with Crippen molar-refractivity contribution in [3.8, 4) is 5.75 Å².